The van der Waals surface area contributed by atoms with Crippen LogP contribution in [0.3, 0.4) is 0 Å². The van der Waals surface area contributed by atoms with Crippen molar-refractivity contribution in [1.29, 1.82) is 5.26 Å². The number of amides is 2. The molecule has 2 rings (SSSR count). The van der Waals surface area contributed by atoms with Crippen molar-refractivity contribution in [1.82, 2.24) is 5.06 Å². The van der Waals surface area contributed by atoms with Crippen molar-refractivity contribution in [2.45, 2.75) is 6.61 Å². The van der Waals surface area contributed by atoms with Crippen LogP contribution in [0.15, 0.2) is 48.5 Å². The summed E-state index contributed by atoms with van der Waals surface area (Å²) in [6.07, 6.45) is 0. The molecule has 2 aromatic rings. The van der Waals surface area contributed by atoms with Gasteiger partial charge in [-0.1, -0.05) is 12.1 Å². The van der Waals surface area contributed by atoms with Gasteiger partial charge in [0.1, 0.15) is 12.4 Å². The minimum Gasteiger partial charge on any atom is -0.489 e. The smallest absolute Gasteiger partial charge is 0.345 e. The van der Waals surface area contributed by atoms with Crippen molar-refractivity contribution in [2.24, 2.45) is 0 Å². The minimum absolute atomic E-state index is 0.362. The molecule has 23 heavy (non-hydrogen) atoms. The molecule has 0 saturated carbocycles. The molecule has 0 heterocycles. The molecule has 0 spiro atoms. The lowest BCUT2D eigenvalue weighted by atomic mass is 10.2. The van der Waals surface area contributed by atoms with Gasteiger partial charge in [0.05, 0.1) is 18.7 Å². The second-order valence-electron chi connectivity index (χ2n) is 4.73. The monoisotopic (exact) mass is 311 g/mol. The van der Waals surface area contributed by atoms with Gasteiger partial charge in [0, 0.05) is 12.7 Å². The fraction of sp³-hybridized carbons (Fsp3) is 0.176. The van der Waals surface area contributed by atoms with Crippen LogP contribution in [0.1, 0.15) is 11.1 Å². The Morgan fingerprint density at radius 3 is 2.39 bits per heavy atom. The Kier molecular flexibility index (Phi) is 5.56. The summed E-state index contributed by atoms with van der Waals surface area (Å²) in [5.41, 5.74) is 2.24. The Morgan fingerprint density at radius 1 is 1.17 bits per heavy atom. The number of anilines is 1. The highest BCUT2D eigenvalue weighted by atomic mass is 16.7. The van der Waals surface area contributed by atoms with E-state index in [2.05, 4.69) is 11.4 Å². The summed E-state index contributed by atoms with van der Waals surface area (Å²) >= 11 is 0. The first kappa shape index (κ1) is 16.3. The Morgan fingerprint density at radius 2 is 1.83 bits per heavy atom. The summed E-state index contributed by atoms with van der Waals surface area (Å²) in [5.74, 6) is 0.687. The molecule has 0 aromatic heterocycles. The Balaban J connectivity index is 1.89. The fourth-order valence-electron chi connectivity index (χ4n) is 1.76. The first-order valence-electron chi connectivity index (χ1n) is 6.93. The fourth-order valence-corrected chi connectivity index (χ4v) is 1.76. The molecule has 2 aromatic carbocycles. The maximum absolute atomic E-state index is 11.6. The number of carbonyl (C=O) groups is 1. The average Bonchev–Trinajstić information content (AvgIpc) is 2.60. The lowest BCUT2D eigenvalue weighted by Crippen LogP contribution is -2.30. The van der Waals surface area contributed by atoms with Gasteiger partial charge >= 0.3 is 6.03 Å². The third kappa shape index (κ3) is 4.73. The van der Waals surface area contributed by atoms with E-state index in [1.165, 1.54) is 14.2 Å². The van der Waals surface area contributed by atoms with Crippen LogP contribution in [0.25, 0.3) is 0 Å². The molecule has 0 radical (unpaired) electrons. The predicted octanol–water partition coefficient (Wildman–Crippen LogP) is 3.16. The first-order valence-corrected chi connectivity index (χ1v) is 6.93. The number of benzene rings is 2. The topological polar surface area (TPSA) is 74.6 Å². The van der Waals surface area contributed by atoms with Crippen molar-refractivity contribution in [3.8, 4) is 11.8 Å². The zero-order valence-electron chi connectivity index (χ0n) is 12.9. The molecule has 118 valence electrons. The number of urea groups is 1. The van der Waals surface area contributed by atoms with Crippen LogP contribution in [-0.4, -0.2) is 25.3 Å². The van der Waals surface area contributed by atoms with Crippen LogP contribution >= 0.6 is 0 Å². The van der Waals surface area contributed by atoms with Crippen molar-refractivity contribution >= 4 is 11.7 Å². The molecule has 0 aliphatic heterocycles. The number of hydrogen-bond donors (Lipinski definition) is 1. The minimum atomic E-state index is -0.362. The zero-order chi connectivity index (χ0) is 16.7. The van der Waals surface area contributed by atoms with E-state index in [9.17, 15) is 4.79 Å². The van der Waals surface area contributed by atoms with E-state index in [4.69, 9.17) is 14.8 Å². The van der Waals surface area contributed by atoms with E-state index in [-0.39, 0.29) is 6.03 Å². The van der Waals surface area contributed by atoms with E-state index in [0.29, 0.717) is 23.6 Å². The highest BCUT2D eigenvalue weighted by molar-refractivity contribution is 5.88. The number of rotatable bonds is 5. The summed E-state index contributed by atoms with van der Waals surface area (Å²) in [6, 6.07) is 16.0. The molecule has 0 unspecified atom stereocenters. The molecule has 2 amide bonds. The molecule has 6 nitrogen and oxygen atoms in total. The van der Waals surface area contributed by atoms with Gasteiger partial charge in [-0.05, 0) is 42.0 Å². The number of carbonyl (C=O) groups excluding carboxylic acids is 1. The Bertz CT molecular complexity index is 691. The maximum atomic E-state index is 11.6. The molecule has 0 fully saturated rings. The van der Waals surface area contributed by atoms with E-state index >= 15 is 0 Å². The molecule has 0 aliphatic carbocycles. The van der Waals surface area contributed by atoms with Crippen molar-refractivity contribution < 1.29 is 14.4 Å². The summed E-state index contributed by atoms with van der Waals surface area (Å²) in [4.78, 5) is 16.4. The van der Waals surface area contributed by atoms with E-state index in [0.717, 1.165) is 10.6 Å². The van der Waals surface area contributed by atoms with Gasteiger partial charge in [0.15, 0.2) is 0 Å². The molecule has 6 heteroatoms. The van der Waals surface area contributed by atoms with Crippen LogP contribution in [0.4, 0.5) is 10.5 Å². The molecular formula is C17H17N3O3. The molecule has 0 aliphatic rings. The number of hydrogen-bond acceptors (Lipinski definition) is 4. The molecule has 0 bridgehead atoms. The average molecular weight is 311 g/mol. The van der Waals surface area contributed by atoms with Gasteiger partial charge in [0.25, 0.3) is 0 Å². The Hall–Kier alpha value is -3.04. The van der Waals surface area contributed by atoms with Gasteiger partial charge in [-0.2, -0.15) is 5.26 Å². The third-order valence-corrected chi connectivity index (χ3v) is 3.15. The van der Waals surface area contributed by atoms with Gasteiger partial charge in [-0.25, -0.2) is 9.86 Å². The SMILES string of the molecule is CON(C)C(=O)Nc1ccc(OCc2ccc(C#N)cc2)cc1. The second kappa shape index (κ2) is 7.82. The van der Waals surface area contributed by atoms with Crippen LogP contribution in [-0.2, 0) is 11.4 Å². The zero-order valence-corrected chi connectivity index (χ0v) is 12.9. The highest BCUT2D eigenvalue weighted by Gasteiger charge is 2.07. The van der Waals surface area contributed by atoms with Gasteiger partial charge < -0.3 is 10.1 Å². The third-order valence-electron chi connectivity index (χ3n) is 3.15. The maximum Gasteiger partial charge on any atom is 0.345 e. The molecule has 1 N–H and O–H groups in total. The number of nitriles is 1. The highest BCUT2D eigenvalue weighted by Crippen LogP contribution is 2.17. The van der Waals surface area contributed by atoms with Crippen LogP contribution in [0.2, 0.25) is 0 Å². The molecule has 0 atom stereocenters. The summed E-state index contributed by atoms with van der Waals surface area (Å²) < 4.78 is 5.66. The van der Waals surface area contributed by atoms with Gasteiger partial charge in [-0.3, -0.25) is 4.84 Å². The Labute approximate surface area is 134 Å². The molecule has 0 saturated heterocycles. The number of ether oxygens (including phenoxy) is 1. The number of nitrogens with one attached hydrogen (secondary N) is 1. The van der Waals surface area contributed by atoms with Crippen molar-refractivity contribution in [2.75, 3.05) is 19.5 Å². The predicted molar refractivity (Wildman–Crippen MR) is 85.7 cm³/mol. The van der Waals surface area contributed by atoms with Crippen LogP contribution in [0, 0.1) is 11.3 Å². The van der Waals surface area contributed by atoms with Crippen LogP contribution < -0.4 is 10.1 Å². The molecular weight excluding hydrogens is 294 g/mol. The van der Waals surface area contributed by atoms with Gasteiger partial charge in [0.2, 0.25) is 0 Å². The van der Waals surface area contributed by atoms with E-state index < -0.39 is 0 Å². The second-order valence-corrected chi connectivity index (χ2v) is 4.73. The normalized spacial score (nSPS) is 9.78. The number of nitrogens with zero attached hydrogens (tertiary/aromatic N) is 2. The van der Waals surface area contributed by atoms with Crippen molar-refractivity contribution in [3.63, 3.8) is 0 Å². The van der Waals surface area contributed by atoms with Crippen molar-refractivity contribution in [3.05, 3.63) is 59.7 Å². The summed E-state index contributed by atoms with van der Waals surface area (Å²) in [6.45, 7) is 0.407. The summed E-state index contributed by atoms with van der Waals surface area (Å²) in [7, 11) is 2.93. The van der Waals surface area contributed by atoms with Gasteiger partial charge in [-0.15, -0.1) is 0 Å². The largest absolute Gasteiger partial charge is 0.489 e. The lowest BCUT2D eigenvalue weighted by molar-refractivity contribution is -0.0598. The standard InChI is InChI=1S/C17H17N3O3/c1-20(22-2)17(21)19-15-7-9-16(10-8-15)23-12-14-5-3-13(11-18)4-6-14/h3-10H,12H2,1-2H3,(H,19,21). The lowest BCUT2D eigenvalue weighted by Gasteiger charge is -2.14. The van der Waals surface area contributed by atoms with E-state index in [1.54, 1.807) is 36.4 Å². The summed E-state index contributed by atoms with van der Waals surface area (Å²) in [5, 5.41) is 12.5. The number of hydroxylamine groups is 2. The quantitative estimate of drug-likeness (QED) is 0.861. The van der Waals surface area contributed by atoms with E-state index in [1.807, 2.05) is 12.1 Å². The first-order chi connectivity index (χ1) is 11.1. The van der Waals surface area contributed by atoms with Crippen LogP contribution in [0.5, 0.6) is 5.75 Å².